The highest BCUT2D eigenvalue weighted by Crippen LogP contribution is 2.29. The van der Waals surface area contributed by atoms with Crippen LogP contribution in [0.2, 0.25) is 0 Å². The van der Waals surface area contributed by atoms with E-state index in [4.69, 9.17) is 0 Å². The molecule has 0 bridgehead atoms. The summed E-state index contributed by atoms with van der Waals surface area (Å²) in [4.78, 5) is 18.2. The Hall–Kier alpha value is -2.42. The highest BCUT2D eigenvalue weighted by molar-refractivity contribution is 7.89. The highest BCUT2D eigenvalue weighted by atomic mass is 32.2. The number of benzene rings is 2. The van der Waals surface area contributed by atoms with Gasteiger partial charge in [-0.1, -0.05) is 26.0 Å². The van der Waals surface area contributed by atoms with E-state index in [-0.39, 0.29) is 10.8 Å². The topological polar surface area (TPSA) is 73.0 Å². The largest absolute Gasteiger partial charge is 0.371 e. The van der Waals surface area contributed by atoms with Crippen LogP contribution < -0.4 is 10.2 Å². The Bertz CT molecular complexity index is 1100. The molecule has 0 saturated carbocycles. The zero-order chi connectivity index (χ0) is 24.8. The molecule has 2 saturated heterocycles. The van der Waals surface area contributed by atoms with E-state index in [0.29, 0.717) is 24.3 Å². The second kappa shape index (κ2) is 11.5. The van der Waals surface area contributed by atoms with Gasteiger partial charge in [-0.25, -0.2) is 8.42 Å². The average molecular weight is 499 g/mol. The van der Waals surface area contributed by atoms with Crippen molar-refractivity contribution < 1.29 is 13.2 Å². The Kier molecular flexibility index (Phi) is 8.46. The quantitative estimate of drug-likeness (QED) is 0.531. The van der Waals surface area contributed by atoms with Crippen LogP contribution in [0.25, 0.3) is 0 Å². The van der Waals surface area contributed by atoms with Crippen molar-refractivity contribution in [2.75, 3.05) is 56.0 Å². The lowest BCUT2D eigenvalue weighted by molar-refractivity contribution is 0.102. The third-order valence-corrected chi connectivity index (χ3v) is 9.18. The van der Waals surface area contributed by atoms with Crippen LogP contribution in [0.4, 0.5) is 11.4 Å². The van der Waals surface area contributed by atoms with Crippen LogP contribution in [0.15, 0.2) is 47.4 Å². The Morgan fingerprint density at radius 3 is 2.17 bits per heavy atom. The van der Waals surface area contributed by atoms with Crippen LogP contribution in [0.3, 0.4) is 0 Å². The molecule has 0 aliphatic carbocycles. The number of hydrogen-bond acceptors (Lipinski definition) is 5. The van der Waals surface area contributed by atoms with Gasteiger partial charge in [-0.05, 0) is 81.1 Å². The SMILES string of the molecule is CCN(CC)S(=O)(=O)c1ccc(N2CCCC2)c(C(=O)Nc2ccc(CCN3CCCC3)cc2)c1. The number of carbonyl (C=O) groups is 1. The van der Waals surface area contributed by atoms with Crippen LogP contribution in [0.1, 0.15) is 55.5 Å². The summed E-state index contributed by atoms with van der Waals surface area (Å²) in [5.41, 5.74) is 3.16. The zero-order valence-corrected chi connectivity index (χ0v) is 21.8. The molecule has 35 heavy (non-hydrogen) atoms. The van der Waals surface area contributed by atoms with E-state index in [2.05, 4.69) is 27.2 Å². The Morgan fingerprint density at radius 2 is 1.54 bits per heavy atom. The van der Waals surface area contributed by atoms with Gasteiger partial charge in [0.15, 0.2) is 0 Å². The Morgan fingerprint density at radius 1 is 0.914 bits per heavy atom. The number of likely N-dealkylation sites (tertiary alicyclic amines) is 1. The minimum atomic E-state index is -3.66. The molecular formula is C27H38N4O3S. The number of rotatable bonds is 10. The molecule has 0 aromatic heterocycles. The van der Waals surface area contributed by atoms with Gasteiger partial charge < -0.3 is 15.1 Å². The molecule has 2 aliphatic rings. The van der Waals surface area contributed by atoms with E-state index in [9.17, 15) is 13.2 Å². The minimum Gasteiger partial charge on any atom is -0.371 e. The predicted octanol–water partition coefficient (Wildman–Crippen LogP) is 4.21. The second-order valence-electron chi connectivity index (χ2n) is 9.41. The molecule has 0 atom stereocenters. The fraction of sp³-hybridized carbons (Fsp3) is 0.519. The van der Waals surface area contributed by atoms with Gasteiger partial charge in [0.1, 0.15) is 0 Å². The van der Waals surface area contributed by atoms with E-state index in [1.807, 2.05) is 26.0 Å². The average Bonchev–Trinajstić information content (AvgIpc) is 3.58. The third kappa shape index (κ3) is 6.05. The number of anilines is 2. The zero-order valence-electron chi connectivity index (χ0n) is 21.0. The predicted molar refractivity (Wildman–Crippen MR) is 142 cm³/mol. The summed E-state index contributed by atoms with van der Waals surface area (Å²) in [6, 6.07) is 13.0. The molecule has 8 heteroatoms. The molecule has 0 spiro atoms. The first-order chi connectivity index (χ1) is 16.9. The lowest BCUT2D eigenvalue weighted by Gasteiger charge is -2.23. The summed E-state index contributed by atoms with van der Waals surface area (Å²) in [5, 5.41) is 3.00. The van der Waals surface area contributed by atoms with Crippen molar-refractivity contribution in [1.29, 1.82) is 0 Å². The first-order valence-corrected chi connectivity index (χ1v) is 14.4. The number of sulfonamides is 1. The van der Waals surface area contributed by atoms with E-state index in [1.165, 1.54) is 35.8 Å². The van der Waals surface area contributed by atoms with Crippen molar-refractivity contribution >= 4 is 27.3 Å². The van der Waals surface area contributed by atoms with Crippen LogP contribution in [-0.4, -0.2) is 69.3 Å². The number of carbonyl (C=O) groups excluding carboxylic acids is 1. The molecule has 2 heterocycles. The fourth-order valence-electron chi connectivity index (χ4n) is 5.05. The highest BCUT2D eigenvalue weighted by Gasteiger charge is 2.26. The van der Waals surface area contributed by atoms with E-state index < -0.39 is 10.0 Å². The summed E-state index contributed by atoms with van der Waals surface area (Å²) < 4.78 is 27.7. The maximum atomic E-state index is 13.4. The van der Waals surface area contributed by atoms with Crippen molar-refractivity contribution in [3.05, 3.63) is 53.6 Å². The normalized spacial score (nSPS) is 16.8. The van der Waals surface area contributed by atoms with E-state index >= 15 is 0 Å². The maximum Gasteiger partial charge on any atom is 0.257 e. The van der Waals surface area contributed by atoms with E-state index in [1.54, 1.807) is 18.2 Å². The second-order valence-corrected chi connectivity index (χ2v) is 11.4. The standard InChI is InChI=1S/C27H38N4O3S/c1-3-31(4-2)35(33,34)24-13-14-26(30-18-7-8-19-30)25(21-24)27(32)28-23-11-9-22(10-12-23)15-20-29-16-5-6-17-29/h9-14,21H,3-8,15-20H2,1-2H3,(H,28,32). The van der Waals surface area contributed by atoms with Gasteiger partial charge in [-0.15, -0.1) is 0 Å². The van der Waals surface area contributed by atoms with Gasteiger partial charge in [-0.3, -0.25) is 4.79 Å². The number of nitrogens with zero attached hydrogens (tertiary/aromatic N) is 3. The molecular weight excluding hydrogens is 460 g/mol. The van der Waals surface area contributed by atoms with Gasteiger partial charge in [0.25, 0.3) is 5.91 Å². The Labute approximate surface area is 210 Å². The Balaban J connectivity index is 1.53. The van der Waals surface area contributed by atoms with Crippen LogP contribution >= 0.6 is 0 Å². The number of hydrogen-bond donors (Lipinski definition) is 1. The van der Waals surface area contributed by atoms with Gasteiger partial charge in [0.2, 0.25) is 10.0 Å². The molecule has 0 radical (unpaired) electrons. The molecule has 190 valence electrons. The van der Waals surface area contributed by atoms with Crippen molar-refractivity contribution in [2.24, 2.45) is 0 Å². The minimum absolute atomic E-state index is 0.159. The van der Waals surface area contributed by atoms with Crippen molar-refractivity contribution in [1.82, 2.24) is 9.21 Å². The first-order valence-electron chi connectivity index (χ1n) is 12.9. The van der Waals surface area contributed by atoms with Gasteiger partial charge >= 0.3 is 0 Å². The summed E-state index contributed by atoms with van der Waals surface area (Å²) in [6.45, 7) is 9.61. The molecule has 4 rings (SSSR count). The summed E-state index contributed by atoms with van der Waals surface area (Å²) in [6.07, 6.45) is 5.72. The third-order valence-electron chi connectivity index (χ3n) is 7.13. The lowest BCUT2D eigenvalue weighted by Crippen LogP contribution is -2.31. The maximum absolute atomic E-state index is 13.4. The smallest absolute Gasteiger partial charge is 0.257 e. The van der Waals surface area contributed by atoms with Crippen LogP contribution in [0.5, 0.6) is 0 Å². The first kappa shape index (κ1) is 25.7. The van der Waals surface area contributed by atoms with E-state index in [0.717, 1.165) is 44.6 Å². The molecule has 2 aromatic rings. The number of nitrogens with one attached hydrogen (secondary N) is 1. The molecule has 0 unspecified atom stereocenters. The molecule has 1 N–H and O–H groups in total. The monoisotopic (exact) mass is 498 g/mol. The van der Waals surface area contributed by atoms with Gasteiger partial charge in [0, 0.05) is 44.1 Å². The van der Waals surface area contributed by atoms with Crippen molar-refractivity contribution in [3.63, 3.8) is 0 Å². The molecule has 2 aromatic carbocycles. The lowest BCUT2D eigenvalue weighted by atomic mass is 10.1. The van der Waals surface area contributed by atoms with Crippen LogP contribution in [-0.2, 0) is 16.4 Å². The van der Waals surface area contributed by atoms with Crippen molar-refractivity contribution in [3.8, 4) is 0 Å². The summed E-state index contributed by atoms with van der Waals surface area (Å²) >= 11 is 0. The molecule has 2 fully saturated rings. The summed E-state index contributed by atoms with van der Waals surface area (Å²) in [7, 11) is -3.66. The van der Waals surface area contributed by atoms with Gasteiger partial charge in [0.05, 0.1) is 10.5 Å². The fourth-order valence-corrected chi connectivity index (χ4v) is 6.54. The number of amides is 1. The molecule has 7 nitrogen and oxygen atoms in total. The van der Waals surface area contributed by atoms with Crippen molar-refractivity contribution in [2.45, 2.75) is 50.8 Å². The summed E-state index contributed by atoms with van der Waals surface area (Å²) in [5.74, 6) is -0.284. The van der Waals surface area contributed by atoms with Crippen LogP contribution in [0, 0.1) is 0 Å². The molecule has 1 amide bonds. The van der Waals surface area contributed by atoms with Gasteiger partial charge in [-0.2, -0.15) is 4.31 Å². The molecule has 2 aliphatic heterocycles.